The number of rotatable bonds is 9. The lowest BCUT2D eigenvalue weighted by atomic mass is 10.1. The van der Waals surface area contributed by atoms with Crippen LogP contribution in [-0.4, -0.2) is 67.7 Å². The molecule has 1 heterocycles. The number of imidazole rings is 1. The van der Waals surface area contributed by atoms with Crippen LogP contribution in [0.15, 0.2) is 46.3 Å². The molecule has 0 amide bonds. The number of aryl methyl sites for hydroxylation is 2. The third-order valence-corrected chi connectivity index (χ3v) is 16.2. The van der Waals surface area contributed by atoms with Crippen LogP contribution in [0.25, 0.3) is 11.3 Å². The molecule has 41 heavy (non-hydrogen) atoms. The Morgan fingerprint density at radius 2 is 1.61 bits per heavy atom. The molecule has 9 nitrogen and oxygen atoms in total. The van der Waals surface area contributed by atoms with Crippen LogP contribution in [0.3, 0.4) is 0 Å². The molecule has 0 fully saturated rings. The fourth-order valence-electron chi connectivity index (χ4n) is 4.28. The molecule has 0 aliphatic rings. The molecule has 0 aliphatic carbocycles. The van der Waals surface area contributed by atoms with Crippen molar-refractivity contribution in [3.8, 4) is 17.0 Å². The van der Waals surface area contributed by atoms with Gasteiger partial charge in [-0.25, -0.2) is 18.0 Å². The summed E-state index contributed by atoms with van der Waals surface area (Å²) in [7, 11) is -4.26. The highest BCUT2D eigenvalue weighted by atomic mass is 32.2. The van der Waals surface area contributed by atoms with Crippen molar-refractivity contribution in [1.29, 1.82) is 0 Å². The van der Waals surface area contributed by atoms with Crippen LogP contribution in [-0.2, 0) is 25.7 Å². The van der Waals surface area contributed by atoms with Gasteiger partial charge in [-0.2, -0.15) is 12.7 Å². The van der Waals surface area contributed by atoms with E-state index in [-0.39, 0.29) is 22.4 Å². The summed E-state index contributed by atoms with van der Waals surface area (Å²) in [4.78, 5) is 17.7. The zero-order chi connectivity index (χ0) is 31.1. The van der Waals surface area contributed by atoms with Crippen LogP contribution in [0.4, 0.5) is 0 Å². The molecular formula is C29H41N3O6S2Si. The van der Waals surface area contributed by atoms with Crippen LogP contribution >= 0.6 is 0 Å². The van der Waals surface area contributed by atoms with Gasteiger partial charge in [0.25, 0.3) is 0 Å². The molecule has 2 aromatic carbocycles. The Labute approximate surface area is 247 Å². The van der Waals surface area contributed by atoms with Crippen molar-refractivity contribution in [2.45, 2.75) is 69.6 Å². The average molecular weight is 620 g/mol. The summed E-state index contributed by atoms with van der Waals surface area (Å²) < 4.78 is 55.5. The number of ether oxygens (including phenoxy) is 2. The van der Waals surface area contributed by atoms with E-state index < -0.39 is 35.1 Å². The second-order valence-electron chi connectivity index (χ2n) is 11.7. The zero-order valence-corrected chi connectivity index (χ0v) is 28.4. The van der Waals surface area contributed by atoms with E-state index in [1.165, 1.54) is 18.1 Å². The Kier molecular flexibility index (Phi) is 9.43. The highest BCUT2D eigenvalue weighted by Gasteiger charge is 2.45. The first-order valence-electron chi connectivity index (χ1n) is 13.3. The lowest BCUT2D eigenvalue weighted by Crippen LogP contribution is -2.56. The van der Waals surface area contributed by atoms with Gasteiger partial charge in [0.2, 0.25) is 0 Å². The Balaban J connectivity index is 2.48. The molecule has 1 atom stereocenters. The van der Waals surface area contributed by atoms with E-state index in [0.29, 0.717) is 27.2 Å². The molecule has 224 valence electrons. The summed E-state index contributed by atoms with van der Waals surface area (Å²) in [5.74, 6) is 0.214. The molecule has 0 N–H and O–H groups in total. The maximum atomic E-state index is 14.6. The predicted octanol–water partition coefficient (Wildman–Crippen LogP) is 4.89. The molecule has 1 unspecified atom stereocenters. The summed E-state index contributed by atoms with van der Waals surface area (Å²) in [6, 6.07) is 10.1. The van der Waals surface area contributed by atoms with Crippen LogP contribution in [0.5, 0.6) is 5.75 Å². The van der Waals surface area contributed by atoms with E-state index >= 15 is 0 Å². The molecule has 0 saturated heterocycles. The Morgan fingerprint density at radius 3 is 2.05 bits per heavy atom. The minimum Gasteiger partial charge on any atom is -0.496 e. The van der Waals surface area contributed by atoms with Crippen LogP contribution < -0.4 is 10.2 Å². The maximum absolute atomic E-state index is 14.6. The van der Waals surface area contributed by atoms with Crippen molar-refractivity contribution in [3.63, 3.8) is 0 Å². The third kappa shape index (κ3) is 6.06. The highest BCUT2D eigenvalue weighted by Crippen LogP contribution is 2.39. The Bertz CT molecular complexity index is 1560. The largest absolute Gasteiger partial charge is 0.496 e. The average Bonchev–Trinajstić information content (AvgIpc) is 3.30. The van der Waals surface area contributed by atoms with Gasteiger partial charge in [-0.05, 0) is 61.2 Å². The lowest BCUT2D eigenvalue weighted by Gasteiger charge is -2.36. The van der Waals surface area contributed by atoms with E-state index in [9.17, 15) is 17.4 Å². The second kappa shape index (κ2) is 11.8. The van der Waals surface area contributed by atoms with Gasteiger partial charge in [-0.1, -0.05) is 46.0 Å². The van der Waals surface area contributed by atoms with E-state index in [4.69, 9.17) is 14.5 Å². The second-order valence-corrected chi connectivity index (χ2v) is 20.3. The fourth-order valence-corrected chi connectivity index (χ4v) is 9.81. The van der Waals surface area contributed by atoms with Crippen molar-refractivity contribution < 1.29 is 26.9 Å². The van der Waals surface area contributed by atoms with E-state index in [1.807, 2.05) is 13.8 Å². The van der Waals surface area contributed by atoms with E-state index in [0.717, 1.165) is 15.4 Å². The maximum Gasteiger partial charge on any atom is 0.338 e. The smallest absolute Gasteiger partial charge is 0.338 e. The Hall–Kier alpha value is -2.80. The van der Waals surface area contributed by atoms with E-state index in [2.05, 4.69) is 33.9 Å². The SMILES string of the molecule is CCOC(=O)c1ccc(-c2nc([Si](C)(C)C(C)(C)C)n(S(=O)(=O)N(C)C)c2S(=O)c2cc(C)c(OC)c(C)c2)cc1. The van der Waals surface area contributed by atoms with Crippen molar-refractivity contribution in [1.82, 2.24) is 13.3 Å². The number of aromatic nitrogens is 2. The predicted molar refractivity (Wildman–Crippen MR) is 166 cm³/mol. The van der Waals surface area contributed by atoms with Gasteiger partial charge in [0, 0.05) is 24.6 Å². The van der Waals surface area contributed by atoms with Gasteiger partial charge in [0.15, 0.2) is 5.03 Å². The van der Waals surface area contributed by atoms with Gasteiger partial charge >= 0.3 is 16.2 Å². The topological polar surface area (TPSA) is 108 Å². The number of nitrogens with zero attached hydrogens (tertiary/aromatic N) is 3. The molecular weight excluding hydrogens is 579 g/mol. The number of hydrogen-bond acceptors (Lipinski definition) is 7. The molecule has 12 heteroatoms. The van der Waals surface area contributed by atoms with Gasteiger partial charge in [-0.3, -0.25) is 0 Å². The normalized spacial score (nSPS) is 13.4. The first-order valence-corrected chi connectivity index (χ1v) is 18.9. The van der Waals surface area contributed by atoms with Crippen molar-refractivity contribution in [2.24, 2.45) is 0 Å². The highest BCUT2D eigenvalue weighted by molar-refractivity contribution is 7.89. The first kappa shape index (κ1) is 32.7. The molecule has 1 aromatic heterocycles. The van der Waals surface area contributed by atoms with Crippen LogP contribution in [0, 0.1) is 13.8 Å². The molecule has 0 spiro atoms. The van der Waals surface area contributed by atoms with Crippen LogP contribution in [0.2, 0.25) is 18.1 Å². The molecule has 0 bridgehead atoms. The van der Waals surface area contributed by atoms with Crippen molar-refractivity contribution in [3.05, 3.63) is 53.1 Å². The molecule has 3 rings (SSSR count). The first-order chi connectivity index (χ1) is 18.9. The standard InChI is InChI=1S/C29H41N3O6S2Si/c1-12-38-27(33)22-15-13-21(14-16-22)24-26(39(34)23-17-19(2)25(37-9)20(3)18-23)32(40(35,36)31(7)8)28(30-24)41(10,11)29(4,5)6/h13-18H,12H2,1-11H3. The van der Waals surface area contributed by atoms with E-state index in [1.54, 1.807) is 50.4 Å². The number of benzene rings is 2. The molecule has 0 saturated carbocycles. The number of methoxy groups -OCH3 is 1. The summed E-state index contributed by atoms with van der Waals surface area (Å²) in [5, 5.41) is -0.221. The van der Waals surface area contributed by atoms with Gasteiger partial charge in [0.05, 0.1) is 19.3 Å². The van der Waals surface area contributed by atoms with Gasteiger partial charge in [-0.15, -0.1) is 0 Å². The summed E-state index contributed by atoms with van der Waals surface area (Å²) in [6.45, 7) is 16.0. The molecule has 0 radical (unpaired) electrons. The quantitative estimate of drug-likeness (QED) is 0.248. The number of hydrogen-bond donors (Lipinski definition) is 0. The van der Waals surface area contributed by atoms with Gasteiger partial charge < -0.3 is 9.47 Å². The lowest BCUT2D eigenvalue weighted by molar-refractivity contribution is 0.0526. The minimum atomic E-state index is -4.15. The number of esters is 1. The van der Waals surface area contributed by atoms with Gasteiger partial charge in [0.1, 0.15) is 35.8 Å². The fraction of sp³-hybridized carbons (Fsp3) is 0.448. The van der Waals surface area contributed by atoms with Crippen molar-refractivity contribution >= 4 is 40.5 Å². The molecule has 3 aromatic rings. The number of carbonyl (C=O) groups is 1. The summed E-state index contributed by atoms with van der Waals surface area (Å²) in [5.41, 5.74) is 3.13. The molecule has 0 aliphatic heterocycles. The summed E-state index contributed by atoms with van der Waals surface area (Å²) >= 11 is 0. The Morgan fingerprint density at radius 1 is 1.07 bits per heavy atom. The zero-order valence-electron chi connectivity index (χ0n) is 25.8. The monoisotopic (exact) mass is 619 g/mol. The summed E-state index contributed by atoms with van der Waals surface area (Å²) in [6.07, 6.45) is 0. The van der Waals surface area contributed by atoms with Crippen LogP contribution in [0.1, 0.15) is 49.2 Å². The number of carbonyl (C=O) groups excluding carboxylic acids is 1. The third-order valence-electron chi connectivity index (χ3n) is 7.62. The minimum absolute atomic E-state index is 0.0615. The van der Waals surface area contributed by atoms with Crippen molar-refractivity contribution in [2.75, 3.05) is 27.8 Å².